The molecule has 2 aliphatic carbocycles. The Morgan fingerprint density at radius 2 is 2.31 bits per heavy atom. The lowest BCUT2D eigenvalue weighted by atomic mass is 9.96. The van der Waals surface area contributed by atoms with Crippen LogP contribution in [-0.2, 0) is 6.42 Å². The molecule has 1 aromatic heterocycles. The lowest BCUT2D eigenvalue weighted by Gasteiger charge is -2.22. The first-order chi connectivity index (χ1) is 7.76. The van der Waals surface area contributed by atoms with E-state index in [1.807, 2.05) is 0 Å². The number of thiazole rings is 1. The summed E-state index contributed by atoms with van der Waals surface area (Å²) in [7, 11) is 0. The van der Waals surface area contributed by atoms with Crippen molar-refractivity contribution in [2.75, 3.05) is 5.32 Å². The first kappa shape index (κ1) is 10.4. The predicted molar refractivity (Wildman–Crippen MR) is 66.0 cm³/mol. The smallest absolute Gasteiger partial charge is 0.227 e. The quantitative estimate of drug-likeness (QED) is 0.851. The fourth-order valence-electron chi connectivity index (χ4n) is 3.22. The largest absolute Gasteiger partial charge is 0.492 e. The highest BCUT2D eigenvalue weighted by Crippen LogP contribution is 2.46. The topological polar surface area (TPSA) is 45.2 Å². The van der Waals surface area contributed by atoms with Gasteiger partial charge in [0.05, 0.1) is 4.88 Å². The van der Waals surface area contributed by atoms with Crippen molar-refractivity contribution in [3.63, 3.8) is 0 Å². The number of hydrogen-bond acceptors (Lipinski definition) is 4. The Balaban J connectivity index is 1.70. The van der Waals surface area contributed by atoms with Crippen molar-refractivity contribution >= 4 is 16.5 Å². The molecule has 16 heavy (non-hydrogen) atoms. The highest BCUT2D eigenvalue weighted by molar-refractivity contribution is 7.15. The maximum absolute atomic E-state index is 9.60. The van der Waals surface area contributed by atoms with Gasteiger partial charge in [-0.2, -0.15) is 4.98 Å². The van der Waals surface area contributed by atoms with E-state index in [0.29, 0.717) is 6.04 Å². The second kappa shape index (κ2) is 3.91. The van der Waals surface area contributed by atoms with Crippen molar-refractivity contribution < 1.29 is 5.11 Å². The van der Waals surface area contributed by atoms with Crippen molar-refractivity contribution in [3.8, 4) is 5.88 Å². The average molecular weight is 238 g/mol. The van der Waals surface area contributed by atoms with Gasteiger partial charge in [0, 0.05) is 6.04 Å². The van der Waals surface area contributed by atoms with E-state index >= 15 is 0 Å². The summed E-state index contributed by atoms with van der Waals surface area (Å²) < 4.78 is 0. The molecule has 2 fully saturated rings. The van der Waals surface area contributed by atoms with Crippen LogP contribution in [0.4, 0.5) is 5.13 Å². The Morgan fingerprint density at radius 1 is 1.44 bits per heavy atom. The Bertz CT molecular complexity index is 390. The number of aryl methyl sites for hydroxylation is 1. The minimum Gasteiger partial charge on any atom is -0.492 e. The fourth-order valence-corrected chi connectivity index (χ4v) is 4.07. The van der Waals surface area contributed by atoms with Gasteiger partial charge >= 0.3 is 0 Å². The monoisotopic (exact) mass is 238 g/mol. The molecular weight excluding hydrogens is 220 g/mol. The number of aromatic hydroxyl groups is 1. The summed E-state index contributed by atoms with van der Waals surface area (Å²) in [6.45, 7) is 2.05. The molecule has 0 aliphatic heterocycles. The molecule has 3 unspecified atom stereocenters. The van der Waals surface area contributed by atoms with Crippen LogP contribution in [0.15, 0.2) is 0 Å². The van der Waals surface area contributed by atoms with Crippen molar-refractivity contribution in [2.24, 2.45) is 11.8 Å². The summed E-state index contributed by atoms with van der Waals surface area (Å²) in [6, 6.07) is 0.606. The standard InChI is InChI=1S/C12H18N2OS/c1-2-10-11(15)14-12(16-10)13-9-6-7-3-4-8(9)5-7/h7-9,15H,2-6H2,1H3,(H,13,14). The van der Waals surface area contributed by atoms with Crippen LogP contribution < -0.4 is 5.32 Å². The van der Waals surface area contributed by atoms with E-state index in [4.69, 9.17) is 0 Å². The summed E-state index contributed by atoms with van der Waals surface area (Å²) >= 11 is 1.60. The number of nitrogens with zero attached hydrogens (tertiary/aromatic N) is 1. The van der Waals surface area contributed by atoms with E-state index in [9.17, 15) is 5.11 Å². The zero-order chi connectivity index (χ0) is 11.1. The van der Waals surface area contributed by atoms with Gasteiger partial charge in [-0.1, -0.05) is 24.7 Å². The van der Waals surface area contributed by atoms with Crippen LogP contribution in [0.2, 0.25) is 0 Å². The summed E-state index contributed by atoms with van der Waals surface area (Å²) in [4.78, 5) is 5.18. The highest BCUT2D eigenvalue weighted by Gasteiger charge is 2.39. The van der Waals surface area contributed by atoms with E-state index in [-0.39, 0.29) is 5.88 Å². The van der Waals surface area contributed by atoms with Crippen LogP contribution in [0, 0.1) is 11.8 Å². The number of hydrogen-bond donors (Lipinski definition) is 2. The van der Waals surface area contributed by atoms with Gasteiger partial charge in [0.1, 0.15) is 0 Å². The van der Waals surface area contributed by atoms with Crippen molar-refractivity contribution in [1.29, 1.82) is 0 Å². The zero-order valence-electron chi connectivity index (χ0n) is 9.57. The molecule has 3 atom stereocenters. The number of aromatic nitrogens is 1. The van der Waals surface area contributed by atoms with Gasteiger partial charge in [0.25, 0.3) is 0 Å². The molecule has 0 radical (unpaired) electrons. The van der Waals surface area contributed by atoms with E-state index in [2.05, 4.69) is 17.2 Å². The summed E-state index contributed by atoms with van der Waals surface area (Å²) in [5.41, 5.74) is 0. The first-order valence-corrected chi connectivity index (χ1v) is 7.03. The van der Waals surface area contributed by atoms with Crippen LogP contribution in [0.5, 0.6) is 5.88 Å². The number of anilines is 1. The van der Waals surface area contributed by atoms with E-state index in [1.165, 1.54) is 25.7 Å². The summed E-state index contributed by atoms with van der Waals surface area (Å²) in [5.74, 6) is 2.01. The highest BCUT2D eigenvalue weighted by atomic mass is 32.1. The van der Waals surface area contributed by atoms with Gasteiger partial charge in [0.15, 0.2) is 5.13 Å². The van der Waals surface area contributed by atoms with Crippen molar-refractivity contribution in [1.82, 2.24) is 4.98 Å². The predicted octanol–water partition coefficient (Wildman–Crippen LogP) is 3.01. The number of fused-ring (bicyclic) bond motifs is 2. The zero-order valence-corrected chi connectivity index (χ0v) is 10.4. The van der Waals surface area contributed by atoms with Crippen LogP contribution in [0.25, 0.3) is 0 Å². The molecule has 3 rings (SSSR count). The van der Waals surface area contributed by atoms with Crippen LogP contribution in [0.1, 0.15) is 37.5 Å². The molecule has 1 heterocycles. The molecular formula is C12H18N2OS. The Kier molecular flexibility index (Phi) is 2.54. The van der Waals surface area contributed by atoms with Gasteiger partial charge < -0.3 is 10.4 Å². The third kappa shape index (κ3) is 1.69. The lowest BCUT2D eigenvalue weighted by Crippen LogP contribution is -2.25. The number of nitrogens with one attached hydrogen (secondary N) is 1. The van der Waals surface area contributed by atoms with Crippen LogP contribution in [0.3, 0.4) is 0 Å². The minimum atomic E-state index is 0.221. The van der Waals surface area contributed by atoms with Crippen LogP contribution >= 0.6 is 11.3 Å². The van der Waals surface area contributed by atoms with E-state index in [0.717, 1.165) is 28.3 Å². The van der Waals surface area contributed by atoms with Crippen molar-refractivity contribution in [3.05, 3.63) is 4.88 Å². The molecule has 2 N–H and O–H groups in total. The minimum absolute atomic E-state index is 0.221. The molecule has 2 aliphatic rings. The van der Waals surface area contributed by atoms with E-state index in [1.54, 1.807) is 11.3 Å². The number of rotatable bonds is 3. The van der Waals surface area contributed by atoms with Gasteiger partial charge in [-0.3, -0.25) is 0 Å². The molecule has 2 saturated carbocycles. The summed E-state index contributed by atoms with van der Waals surface area (Å²) in [5, 5.41) is 14.0. The Hall–Kier alpha value is -0.770. The maximum Gasteiger partial charge on any atom is 0.227 e. The third-order valence-electron chi connectivity index (χ3n) is 4.04. The van der Waals surface area contributed by atoms with Crippen LogP contribution in [-0.4, -0.2) is 16.1 Å². The second-order valence-electron chi connectivity index (χ2n) is 5.05. The van der Waals surface area contributed by atoms with Crippen molar-refractivity contribution in [2.45, 2.75) is 45.1 Å². The SMILES string of the molecule is CCc1sc(NC2CC3CCC2C3)nc1O. The first-order valence-electron chi connectivity index (χ1n) is 6.21. The van der Waals surface area contributed by atoms with Gasteiger partial charge in [-0.05, 0) is 37.5 Å². The second-order valence-corrected chi connectivity index (χ2v) is 6.13. The molecule has 88 valence electrons. The molecule has 0 saturated heterocycles. The van der Waals surface area contributed by atoms with Gasteiger partial charge in [0.2, 0.25) is 5.88 Å². The third-order valence-corrected chi connectivity index (χ3v) is 5.16. The average Bonchev–Trinajstić information content (AvgIpc) is 2.93. The van der Waals surface area contributed by atoms with E-state index < -0.39 is 0 Å². The molecule has 0 amide bonds. The molecule has 3 nitrogen and oxygen atoms in total. The van der Waals surface area contributed by atoms with Gasteiger partial charge in [-0.15, -0.1) is 0 Å². The summed E-state index contributed by atoms with van der Waals surface area (Å²) in [6.07, 6.45) is 6.36. The molecule has 1 aromatic rings. The fraction of sp³-hybridized carbons (Fsp3) is 0.750. The maximum atomic E-state index is 9.60. The molecule has 0 spiro atoms. The molecule has 4 heteroatoms. The lowest BCUT2D eigenvalue weighted by molar-refractivity contribution is 0.436. The Labute approximate surface area is 99.9 Å². The molecule has 2 bridgehead atoms. The Morgan fingerprint density at radius 3 is 2.88 bits per heavy atom. The normalized spacial score (nSPS) is 32.2. The van der Waals surface area contributed by atoms with Gasteiger partial charge in [-0.25, -0.2) is 0 Å². The molecule has 0 aromatic carbocycles.